The van der Waals surface area contributed by atoms with E-state index in [2.05, 4.69) is 15.0 Å². The number of benzene rings is 1. The molecule has 0 bridgehead atoms. The van der Waals surface area contributed by atoms with Crippen LogP contribution >= 0.6 is 0 Å². The van der Waals surface area contributed by atoms with Crippen LogP contribution in [0, 0.1) is 0 Å². The van der Waals surface area contributed by atoms with Crippen molar-refractivity contribution in [1.82, 2.24) is 4.98 Å². The van der Waals surface area contributed by atoms with E-state index >= 15 is 0 Å². The summed E-state index contributed by atoms with van der Waals surface area (Å²) < 4.78 is 4.56. The summed E-state index contributed by atoms with van der Waals surface area (Å²) in [5, 5.41) is 2.90. The van der Waals surface area contributed by atoms with Crippen LogP contribution in [0.3, 0.4) is 0 Å². The van der Waals surface area contributed by atoms with E-state index in [9.17, 15) is 14.4 Å². The normalized spacial score (nSPS) is 10.2. The molecule has 0 aliphatic carbocycles. The topological polar surface area (TPSA) is 88.3 Å². The summed E-state index contributed by atoms with van der Waals surface area (Å²) in [6.07, 6.45) is 0. The van der Waals surface area contributed by atoms with Crippen molar-refractivity contribution < 1.29 is 14.3 Å². The molecule has 2 aromatic rings. The van der Waals surface area contributed by atoms with Gasteiger partial charge >= 0.3 is 5.97 Å². The van der Waals surface area contributed by atoms with Gasteiger partial charge in [0.25, 0.3) is 0 Å². The van der Waals surface area contributed by atoms with Crippen molar-refractivity contribution in [1.29, 1.82) is 0 Å². The third-order valence-electron chi connectivity index (χ3n) is 2.57. The van der Waals surface area contributed by atoms with Gasteiger partial charge in [0, 0.05) is 13.0 Å². The highest BCUT2D eigenvalue weighted by Gasteiger charge is 2.12. The SMILES string of the molecule is COC(=O)c1cc(=O)c2c(NC(C)=O)cccc2[nH]1. The Kier molecular flexibility index (Phi) is 3.33. The summed E-state index contributed by atoms with van der Waals surface area (Å²) in [4.78, 5) is 37.4. The van der Waals surface area contributed by atoms with Crippen LogP contribution < -0.4 is 10.7 Å². The number of anilines is 1. The van der Waals surface area contributed by atoms with Crippen LogP contribution in [-0.4, -0.2) is 24.0 Å². The number of methoxy groups -OCH3 is 1. The number of hydrogen-bond acceptors (Lipinski definition) is 4. The minimum atomic E-state index is -0.621. The van der Waals surface area contributed by atoms with Gasteiger partial charge in [-0.25, -0.2) is 4.79 Å². The van der Waals surface area contributed by atoms with Crippen LogP contribution in [0.25, 0.3) is 10.9 Å². The largest absolute Gasteiger partial charge is 0.464 e. The molecule has 0 saturated carbocycles. The number of ether oxygens (including phenoxy) is 1. The standard InChI is InChI=1S/C13H12N2O4/c1-7(16)14-8-4-3-5-9-12(8)11(17)6-10(15-9)13(18)19-2/h3-6H,1-2H3,(H,14,16)(H,15,17). The maximum absolute atomic E-state index is 12.0. The number of aromatic nitrogens is 1. The van der Waals surface area contributed by atoms with E-state index in [1.54, 1.807) is 18.2 Å². The summed E-state index contributed by atoms with van der Waals surface area (Å²) >= 11 is 0. The van der Waals surface area contributed by atoms with Crippen LogP contribution in [0.4, 0.5) is 5.69 Å². The van der Waals surface area contributed by atoms with Gasteiger partial charge in [-0.2, -0.15) is 0 Å². The van der Waals surface area contributed by atoms with E-state index in [4.69, 9.17) is 0 Å². The second-order valence-corrected chi connectivity index (χ2v) is 3.95. The van der Waals surface area contributed by atoms with E-state index < -0.39 is 5.97 Å². The molecular weight excluding hydrogens is 248 g/mol. The van der Waals surface area contributed by atoms with Crippen molar-refractivity contribution in [2.24, 2.45) is 0 Å². The van der Waals surface area contributed by atoms with Gasteiger partial charge in [-0.3, -0.25) is 9.59 Å². The molecule has 0 saturated heterocycles. The molecule has 1 aromatic heterocycles. The first-order chi connectivity index (χ1) is 9.02. The number of carbonyl (C=O) groups excluding carboxylic acids is 2. The number of rotatable bonds is 2. The molecule has 2 rings (SSSR count). The van der Waals surface area contributed by atoms with Gasteiger partial charge in [-0.15, -0.1) is 0 Å². The monoisotopic (exact) mass is 260 g/mol. The van der Waals surface area contributed by atoms with Gasteiger partial charge in [0.2, 0.25) is 5.91 Å². The number of H-pyrrole nitrogens is 1. The molecule has 0 unspecified atom stereocenters. The summed E-state index contributed by atoms with van der Waals surface area (Å²) in [7, 11) is 1.23. The van der Waals surface area contributed by atoms with Crippen molar-refractivity contribution in [3.05, 3.63) is 40.2 Å². The highest BCUT2D eigenvalue weighted by atomic mass is 16.5. The fourth-order valence-corrected chi connectivity index (χ4v) is 1.82. The third-order valence-corrected chi connectivity index (χ3v) is 2.57. The minimum absolute atomic E-state index is 0.0694. The molecule has 0 aliphatic heterocycles. The number of nitrogens with one attached hydrogen (secondary N) is 2. The average molecular weight is 260 g/mol. The lowest BCUT2D eigenvalue weighted by molar-refractivity contribution is -0.114. The molecule has 0 atom stereocenters. The van der Waals surface area contributed by atoms with Crippen LogP contribution in [0.15, 0.2) is 29.1 Å². The smallest absolute Gasteiger partial charge is 0.354 e. The Hall–Kier alpha value is -2.63. The third kappa shape index (κ3) is 2.47. The number of amides is 1. The van der Waals surface area contributed by atoms with Crippen LogP contribution in [-0.2, 0) is 9.53 Å². The Bertz CT molecular complexity index is 718. The first kappa shape index (κ1) is 12.8. The first-order valence-electron chi connectivity index (χ1n) is 5.55. The van der Waals surface area contributed by atoms with Gasteiger partial charge in [-0.1, -0.05) is 6.07 Å². The highest BCUT2D eigenvalue weighted by molar-refractivity contribution is 6.01. The van der Waals surface area contributed by atoms with Crippen LogP contribution in [0.1, 0.15) is 17.4 Å². The van der Waals surface area contributed by atoms with Crippen molar-refractivity contribution in [3.8, 4) is 0 Å². The molecule has 2 N–H and O–H groups in total. The van der Waals surface area contributed by atoms with Gasteiger partial charge in [-0.05, 0) is 12.1 Å². The fraction of sp³-hybridized carbons (Fsp3) is 0.154. The zero-order chi connectivity index (χ0) is 14.0. The van der Waals surface area contributed by atoms with Crippen molar-refractivity contribution >= 4 is 28.5 Å². The molecule has 0 aliphatic rings. The molecule has 0 fully saturated rings. The van der Waals surface area contributed by atoms with Crippen molar-refractivity contribution in [3.63, 3.8) is 0 Å². The number of esters is 1. The Morgan fingerprint density at radius 2 is 2.05 bits per heavy atom. The second kappa shape index (κ2) is 4.93. The lowest BCUT2D eigenvalue weighted by Crippen LogP contribution is -2.14. The Balaban J connectivity index is 2.69. The number of carbonyl (C=O) groups is 2. The summed E-state index contributed by atoms with van der Waals surface area (Å²) in [6.45, 7) is 1.36. The van der Waals surface area contributed by atoms with Gasteiger partial charge in [0.1, 0.15) is 5.69 Å². The molecule has 6 nitrogen and oxygen atoms in total. The van der Waals surface area contributed by atoms with E-state index in [0.717, 1.165) is 6.07 Å². The number of pyridine rings is 1. The Labute approximate surface area is 108 Å². The Morgan fingerprint density at radius 1 is 1.32 bits per heavy atom. The summed E-state index contributed by atoms with van der Waals surface area (Å²) in [6, 6.07) is 6.09. The summed E-state index contributed by atoms with van der Waals surface area (Å²) in [5.41, 5.74) is 0.570. The predicted molar refractivity (Wildman–Crippen MR) is 70.2 cm³/mol. The number of fused-ring (bicyclic) bond motifs is 1. The quantitative estimate of drug-likeness (QED) is 0.796. The molecule has 19 heavy (non-hydrogen) atoms. The molecular formula is C13H12N2O4. The lowest BCUT2D eigenvalue weighted by atomic mass is 10.1. The summed E-state index contributed by atoms with van der Waals surface area (Å²) in [5.74, 6) is -0.895. The van der Waals surface area contributed by atoms with Gasteiger partial charge in [0.15, 0.2) is 5.43 Å². The molecule has 1 heterocycles. The maximum Gasteiger partial charge on any atom is 0.354 e. The van der Waals surface area contributed by atoms with Gasteiger partial charge in [0.05, 0.1) is 23.7 Å². The molecule has 0 radical (unpaired) electrons. The van der Waals surface area contributed by atoms with Crippen molar-refractivity contribution in [2.45, 2.75) is 6.92 Å². The van der Waals surface area contributed by atoms with Crippen LogP contribution in [0.5, 0.6) is 0 Å². The molecule has 98 valence electrons. The van der Waals surface area contributed by atoms with Crippen molar-refractivity contribution in [2.75, 3.05) is 12.4 Å². The van der Waals surface area contributed by atoms with E-state index in [0.29, 0.717) is 16.6 Å². The van der Waals surface area contributed by atoms with E-state index in [1.165, 1.54) is 14.0 Å². The minimum Gasteiger partial charge on any atom is -0.464 e. The number of aromatic amines is 1. The molecule has 6 heteroatoms. The molecule has 1 amide bonds. The number of hydrogen-bond donors (Lipinski definition) is 2. The average Bonchev–Trinajstić information content (AvgIpc) is 2.36. The molecule has 0 spiro atoms. The fourth-order valence-electron chi connectivity index (χ4n) is 1.82. The zero-order valence-corrected chi connectivity index (χ0v) is 10.4. The lowest BCUT2D eigenvalue weighted by Gasteiger charge is -2.07. The second-order valence-electron chi connectivity index (χ2n) is 3.95. The van der Waals surface area contributed by atoms with E-state index in [-0.39, 0.29) is 17.0 Å². The first-order valence-corrected chi connectivity index (χ1v) is 5.55. The van der Waals surface area contributed by atoms with Crippen LogP contribution in [0.2, 0.25) is 0 Å². The zero-order valence-electron chi connectivity index (χ0n) is 10.4. The van der Waals surface area contributed by atoms with Gasteiger partial charge < -0.3 is 15.0 Å². The Morgan fingerprint density at radius 3 is 2.68 bits per heavy atom. The predicted octanol–water partition coefficient (Wildman–Crippen LogP) is 1.27. The van der Waals surface area contributed by atoms with E-state index in [1.807, 2.05) is 0 Å². The highest BCUT2D eigenvalue weighted by Crippen LogP contribution is 2.19. The molecule has 1 aromatic carbocycles. The maximum atomic E-state index is 12.0.